The van der Waals surface area contributed by atoms with E-state index >= 15 is 0 Å². The van der Waals surface area contributed by atoms with Crippen LogP contribution < -0.4 is 5.32 Å². The van der Waals surface area contributed by atoms with Crippen LogP contribution in [0.4, 0.5) is 0 Å². The zero-order valence-corrected chi connectivity index (χ0v) is 21.1. The van der Waals surface area contributed by atoms with Crippen molar-refractivity contribution < 1.29 is 8.42 Å². The molecule has 1 heterocycles. The zero-order valence-electron chi connectivity index (χ0n) is 20.3. The highest BCUT2D eigenvalue weighted by Gasteiger charge is 2.30. The van der Waals surface area contributed by atoms with Crippen molar-refractivity contribution in [3.05, 3.63) is 0 Å². The van der Waals surface area contributed by atoms with E-state index < -0.39 is 9.84 Å². The number of guanidine groups is 1. The molecule has 0 aromatic heterocycles. The molecule has 0 atom stereocenters. The average molecular weight is 443 g/mol. The quantitative estimate of drug-likeness (QED) is 0.462. The van der Waals surface area contributed by atoms with Crippen LogP contribution in [0.25, 0.3) is 0 Å². The van der Waals surface area contributed by atoms with E-state index in [4.69, 9.17) is 4.99 Å². The maximum absolute atomic E-state index is 11.5. The van der Waals surface area contributed by atoms with E-state index in [2.05, 4.69) is 49.7 Å². The smallest absolute Gasteiger partial charge is 0.194 e. The van der Waals surface area contributed by atoms with Crippen molar-refractivity contribution in [2.45, 2.75) is 72.8 Å². The molecular formula is C23H46N4O2S. The summed E-state index contributed by atoms with van der Waals surface area (Å²) >= 11 is 0. The van der Waals surface area contributed by atoms with Crippen molar-refractivity contribution in [3.63, 3.8) is 0 Å². The molecule has 0 unspecified atom stereocenters. The first kappa shape index (κ1) is 25.4. The fourth-order valence-corrected chi connectivity index (χ4v) is 5.61. The van der Waals surface area contributed by atoms with Crippen molar-refractivity contribution in [2.24, 2.45) is 22.2 Å². The molecule has 0 radical (unpaired) electrons. The molecule has 1 aliphatic carbocycles. The number of sulfone groups is 1. The Labute approximate surface area is 185 Å². The Morgan fingerprint density at radius 1 is 1.10 bits per heavy atom. The van der Waals surface area contributed by atoms with Gasteiger partial charge in [-0.15, -0.1) is 0 Å². The van der Waals surface area contributed by atoms with Crippen LogP contribution in [0.3, 0.4) is 0 Å². The first-order valence-electron chi connectivity index (χ1n) is 12.0. The summed E-state index contributed by atoms with van der Waals surface area (Å²) in [6.45, 7) is 16.8. The number of nitrogens with zero attached hydrogens (tertiary/aromatic N) is 3. The first-order valence-corrected chi connectivity index (χ1v) is 14.0. The Morgan fingerprint density at radius 2 is 1.70 bits per heavy atom. The minimum atomic E-state index is -2.93. The van der Waals surface area contributed by atoms with E-state index in [1.165, 1.54) is 31.9 Å². The molecule has 6 nitrogen and oxygen atoms in total. The van der Waals surface area contributed by atoms with Crippen LogP contribution in [0.15, 0.2) is 4.99 Å². The van der Waals surface area contributed by atoms with Gasteiger partial charge in [-0.2, -0.15) is 0 Å². The summed E-state index contributed by atoms with van der Waals surface area (Å²) < 4.78 is 23.0. The molecule has 30 heavy (non-hydrogen) atoms. The third-order valence-corrected chi connectivity index (χ3v) is 7.90. The molecule has 2 aliphatic rings. The standard InChI is InChI=1S/C23H46N4O2S/c1-7-24-22(25-18-23(4,5)12-17-30(6,28)29)27-15-13-26(14-16-27)21-10-8-20(9-11-21)19(2)3/h19-21H,7-18H2,1-6H3,(H,24,25). The summed E-state index contributed by atoms with van der Waals surface area (Å²) in [7, 11) is -2.93. The third-order valence-electron chi connectivity index (χ3n) is 6.96. The molecule has 2 fully saturated rings. The second-order valence-corrected chi connectivity index (χ2v) is 12.8. The van der Waals surface area contributed by atoms with Gasteiger partial charge in [-0.1, -0.05) is 27.7 Å². The molecule has 176 valence electrons. The predicted octanol–water partition coefficient (Wildman–Crippen LogP) is 3.25. The van der Waals surface area contributed by atoms with E-state index in [1.807, 2.05) is 0 Å². The molecule has 0 spiro atoms. The maximum Gasteiger partial charge on any atom is 0.194 e. The van der Waals surface area contributed by atoms with Crippen molar-refractivity contribution >= 4 is 15.8 Å². The molecule has 2 rings (SSSR count). The van der Waals surface area contributed by atoms with Gasteiger partial charge in [0.2, 0.25) is 0 Å². The van der Waals surface area contributed by atoms with Gasteiger partial charge in [0.05, 0.1) is 5.75 Å². The van der Waals surface area contributed by atoms with Crippen LogP contribution >= 0.6 is 0 Å². The highest BCUT2D eigenvalue weighted by molar-refractivity contribution is 7.90. The van der Waals surface area contributed by atoms with Crippen molar-refractivity contribution in [1.82, 2.24) is 15.1 Å². The van der Waals surface area contributed by atoms with Crippen LogP contribution in [0.1, 0.15) is 66.7 Å². The number of rotatable bonds is 8. The molecule has 1 saturated carbocycles. The lowest BCUT2D eigenvalue weighted by Gasteiger charge is -2.43. The Morgan fingerprint density at radius 3 is 2.20 bits per heavy atom. The lowest BCUT2D eigenvalue weighted by molar-refractivity contribution is 0.0863. The minimum Gasteiger partial charge on any atom is -0.357 e. The molecule has 1 N–H and O–H groups in total. The molecule has 0 aromatic rings. The summed E-state index contributed by atoms with van der Waals surface area (Å²) in [4.78, 5) is 9.98. The lowest BCUT2D eigenvalue weighted by atomic mass is 9.79. The second kappa shape index (κ2) is 11.2. The Kier molecular flexibility index (Phi) is 9.47. The van der Waals surface area contributed by atoms with Gasteiger partial charge in [0, 0.05) is 51.6 Å². The average Bonchev–Trinajstić information content (AvgIpc) is 2.69. The molecule has 7 heteroatoms. The number of hydrogen-bond donors (Lipinski definition) is 1. The predicted molar refractivity (Wildman–Crippen MR) is 128 cm³/mol. The van der Waals surface area contributed by atoms with Crippen LogP contribution in [-0.4, -0.2) is 81.5 Å². The Hall–Kier alpha value is -0.820. The zero-order chi connectivity index (χ0) is 22.4. The fraction of sp³-hybridized carbons (Fsp3) is 0.957. The Bertz CT molecular complexity index is 644. The summed E-state index contributed by atoms with van der Waals surface area (Å²) in [5, 5.41) is 3.45. The molecule has 0 bridgehead atoms. The van der Waals surface area contributed by atoms with Gasteiger partial charge >= 0.3 is 0 Å². The molecule has 0 amide bonds. The van der Waals surface area contributed by atoms with E-state index in [0.717, 1.165) is 56.6 Å². The van der Waals surface area contributed by atoms with Crippen LogP contribution in [0.2, 0.25) is 0 Å². The summed E-state index contributed by atoms with van der Waals surface area (Å²) in [6.07, 6.45) is 7.42. The monoisotopic (exact) mass is 442 g/mol. The van der Waals surface area contributed by atoms with Gasteiger partial charge in [-0.3, -0.25) is 9.89 Å². The molecule has 0 aromatic carbocycles. The topological polar surface area (TPSA) is 65.0 Å². The van der Waals surface area contributed by atoms with Crippen LogP contribution in [0.5, 0.6) is 0 Å². The fourth-order valence-electron chi connectivity index (χ4n) is 4.69. The van der Waals surface area contributed by atoms with Gasteiger partial charge in [0.1, 0.15) is 9.84 Å². The number of aliphatic imine (C=N–C) groups is 1. The number of piperazine rings is 1. The van der Waals surface area contributed by atoms with Gasteiger partial charge in [0.25, 0.3) is 0 Å². The SMILES string of the molecule is CCNC(=NCC(C)(C)CCS(C)(=O)=O)N1CCN(C2CCC(C(C)C)CC2)CC1. The van der Waals surface area contributed by atoms with Gasteiger partial charge in [0.15, 0.2) is 5.96 Å². The highest BCUT2D eigenvalue weighted by Crippen LogP contribution is 2.32. The van der Waals surface area contributed by atoms with Crippen molar-refractivity contribution in [3.8, 4) is 0 Å². The number of nitrogens with one attached hydrogen (secondary N) is 1. The largest absolute Gasteiger partial charge is 0.357 e. The van der Waals surface area contributed by atoms with Crippen LogP contribution in [0, 0.1) is 17.3 Å². The normalized spacial score (nSPS) is 25.0. The molecule has 1 aliphatic heterocycles. The number of hydrogen-bond acceptors (Lipinski definition) is 4. The van der Waals surface area contributed by atoms with Gasteiger partial charge in [-0.25, -0.2) is 8.42 Å². The molecular weight excluding hydrogens is 396 g/mol. The summed E-state index contributed by atoms with van der Waals surface area (Å²) in [6, 6.07) is 0.761. The maximum atomic E-state index is 11.5. The van der Waals surface area contributed by atoms with Crippen molar-refractivity contribution in [2.75, 3.05) is 51.3 Å². The summed E-state index contributed by atoms with van der Waals surface area (Å²) in [5.74, 6) is 2.95. The lowest BCUT2D eigenvalue weighted by Crippen LogP contribution is -2.55. The van der Waals surface area contributed by atoms with Gasteiger partial charge in [-0.05, 0) is 56.3 Å². The minimum absolute atomic E-state index is 0.124. The second-order valence-electron chi connectivity index (χ2n) is 10.5. The summed E-state index contributed by atoms with van der Waals surface area (Å²) in [5.41, 5.74) is -0.124. The first-order chi connectivity index (χ1) is 14.0. The molecule has 1 saturated heterocycles. The highest BCUT2D eigenvalue weighted by atomic mass is 32.2. The van der Waals surface area contributed by atoms with E-state index in [1.54, 1.807) is 0 Å². The Balaban J connectivity index is 1.87. The third kappa shape index (κ3) is 8.37. The van der Waals surface area contributed by atoms with Crippen LogP contribution in [-0.2, 0) is 9.84 Å². The van der Waals surface area contributed by atoms with E-state index in [9.17, 15) is 8.42 Å². The van der Waals surface area contributed by atoms with Gasteiger partial charge < -0.3 is 10.2 Å². The van der Waals surface area contributed by atoms with E-state index in [0.29, 0.717) is 13.0 Å². The van der Waals surface area contributed by atoms with Crippen molar-refractivity contribution in [1.29, 1.82) is 0 Å². The van der Waals surface area contributed by atoms with E-state index in [-0.39, 0.29) is 11.2 Å².